The van der Waals surface area contributed by atoms with Crippen molar-refractivity contribution >= 4 is 28.8 Å². The van der Waals surface area contributed by atoms with E-state index in [4.69, 9.17) is 24.2 Å². The predicted octanol–water partition coefficient (Wildman–Crippen LogP) is 3.12. The van der Waals surface area contributed by atoms with E-state index in [2.05, 4.69) is 39.9 Å². The fraction of sp³-hybridized carbons (Fsp3) is 0.471. The summed E-state index contributed by atoms with van der Waals surface area (Å²) < 4.78 is 19.0. The third-order valence-corrected chi connectivity index (χ3v) is 9.14. The van der Waals surface area contributed by atoms with E-state index in [1.165, 1.54) is 11.3 Å². The molecule has 13 heteroatoms. The highest BCUT2D eigenvalue weighted by molar-refractivity contribution is 5.93. The van der Waals surface area contributed by atoms with Crippen LogP contribution in [0.25, 0.3) is 11.2 Å². The molecule has 4 N–H and O–H groups in total. The van der Waals surface area contributed by atoms with Crippen LogP contribution in [-0.4, -0.2) is 91.4 Å². The van der Waals surface area contributed by atoms with Crippen molar-refractivity contribution in [2.24, 2.45) is 0 Å². The van der Waals surface area contributed by atoms with E-state index in [1.807, 2.05) is 43.3 Å². The second kappa shape index (κ2) is 12.8. The number of amides is 1. The number of benzene rings is 2. The third kappa shape index (κ3) is 6.17. The molecule has 2 aromatic carbocycles. The molecule has 2 aromatic heterocycles. The van der Waals surface area contributed by atoms with Crippen molar-refractivity contribution < 1.29 is 29.2 Å². The Morgan fingerprint density at radius 2 is 1.70 bits per heavy atom. The maximum atomic E-state index is 14.0. The molecule has 3 aliphatic rings. The SMILES string of the molecule is CCN(C(=O)[C@H]1O[C@@H](O)[C@@H]2OC(C)(C)O[C@@H]21)n1cnc2c(NCC(c3ccccc3)c3ccccc3)nc(NC3CCCC3O)nc21. The predicted molar refractivity (Wildman–Crippen MR) is 174 cm³/mol. The minimum atomic E-state index is -1.30. The van der Waals surface area contributed by atoms with Crippen LogP contribution >= 0.6 is 0 Å². The molecular weight excluding hydrogens is 602 g/mol. The fourth-order valence-corrected chi connectivity index (χ4v) is 6.86. The summed E-state index contributed by atoms with van der Waals surface area (Å²) >= 11 is 0. The number of aliphatic hydroxyl groups is 2. The lowest BCUT2D eigenvalue weighted by Crippen LogP contribution is -2.50. The molecule has 4 heterocycles. The lowest BCUT2D eigenvalue weighted by Gasteiger charge is -2.28. The number of imidazole rings is 1. The van der Waals surface area contributed by atoms with Gasteiger partial charge in [-0.1, -0.05) is 60.7 Å². The van der Waals surface area contributed by atoms with Crippen molar-refractivity contribution in [1.82, 2.24) is 19.6 Å². The van der Waals surface area contributed by atoms with Gasteiger partial charge in [0.2, 0.25) is 5.95 Å². The van der Waals surface area contributed by atoms with Gasteiger partial charge in [0, 0.05) is 19.0 Å². The van der Waals surface area contributed by atoms with E-state index in [1.54, 1.807) is 18.5 Å². The molecule has 1 saturated carbocycles. The molecule has 3 fully saturated rings. The van der Waals surface area contributed by atoms with Crippen LogP contribution in [0.3, 0.4) is 0 Å². The Bertz CT molecular complexity index is 1660. The van der Waals surface area contributed by atoms with Gasteiger partial charge in [0.05, 0.1) is 12.1 Å². The summed E-state index contributed by atoms with van der Waals surface area (Å²) in [6.45, 7) is 6.08. The van der Waals surface area contributed by atoms with Crippen molar-refractivity contribution in [3.05, 3.63) is 78.1 Å². The number of nitrogens with zero attached hydrogens (tertiary/aromatic N) is 5. The van der Waals surface area contributed by atoms with Crippen LogP contribution in [-0.2, 0) is 19.0 Å². The maximum absolute atomic E-state index is 14.0. The van der Waals surface area contributed by atoms with Gasteiger partial charge in [0.25, 0.3) is 5.91 Å². The number of anilines is 2. The highest BCUT2D eigenvalue weighted by Gasteiger charge is 2.58. The van der Waals surface area contributed by atoms with Crippen LogP contribution in [0.15, 0.2) is 67.0 Å². The Morgan fingerprint density at radius 3 is 2.34 bits per heavy atom. The number of ether oxygens (including phenoxy) is 3. The fourth-order valence-electron chi connectivity index (χ4n) is 6.86. The van der Waals surface area contributed by atoms with E-state index in [-0.39, 0.29) is 18.5 Å². The second-order valence-electron chi connectivity index (χ2n) is 12.7. The number of carbonyl (C=O) groups excluding carboxylic acids is 1. The van der Waals surface area contributed by atoms with Gasteiger partial charge in [-0.25, -0.2) is 14.7 Å². The van der Waals surface area contributed by atoms with Gasteiger partial charge in [-0.15, -0.1) is 0 Å². The van der Waals surface area contributed by atoms with Gasteiger partial charge in [0.1, 0.15) is 18.5 Å². The zero-order chi connectivity index (χ0) is 32.7. The van der Waals surface area contributed by atoms with Crippen LogP contribution < -0.4 is 15.6 Å². The lowest BCUT2D eigenvalue weighted by molar-refractivity contribution is -0.219. The molecule has 7 rings (SSSR count). The standard InChI is InChI=1S/C34H41N7O6/c1-4-40(31(43)27-26-28(32(44)45-27)47-34(2,3)46-26)41-19-36-25-29(38-33(39-30(25)41)37-23-16-11-17-24(23)42)35-18-22(20-12-7-5-8-13-20)21-14-9-6-10-15-21/h5-10,12-15,19,22-24,26-28,32,42,44H,4,11,16-18H2,1-3H3,(H2,35,37,38,39)/t23?,24?,26-,27+,28-,32-/m1/s1. The number of nitrogens with one attached hydrogen (secondary N) is 2. The van der Waals surface area contributed by atoms with Crippen LogP contribution in [0.4, 0.5) is 11.8 Å². The molecule has 0 bridgehead atoms. The molecule has 2 saturated heterocycles. The van der Waals surface area contributed by atoms with Crippen molar-refractivity contribution in [1.29, 1.82) is 0 Å². The summed E-state index contributed by atoms with van der Waals surface area (Å²) in [4.78, 5) is 28.3. The zero-order valence-corrected chi connectivity index (χ0v) is 26.7. The van der Waals surface area contributed by atoms with E-state index in [9.17, 15) is 15.0 Å². The van der Waals surface area contributed by atoms with E-state index in [0.29, 0.717) is 35.9 Å². The van der Waals surface area contributed by atoms with Crippen molar-refractivity contribution in [2.45, 2.75) is 88.5 Å². The van der Waals surface area contributed by atoms with E-state index in [0.717, 1.165) is 24.0 Å². The van der Waals surface area contributed by atoms with Gasteiger partial charge < -0.3 is 35.1 Å². The van der Waals surface area contributed by atoms with Crippen LogP contribution in [0.2, 0.25) is 0 Å². The molecule has 2 aliphatic heterocycles. The van der Waals surface area contributed by atoms with Gasteiger partial charge in [-0.3, -0.25) is 4.79 Å². The number of hydrogen-bond donors (Lipinski definition) is 4. The Morgan fingerprint density at radius 1 is 1.02 bits per heavy atom. The topological polar surface area (TPSA) is 156 Å². The first-order valence-electron chi connectivity index (χ1n) is 16.3. The van der Waals surface area contributed by atoms with Gasteiger partial charge in [0.15, 0.2) is 35.2 Å². The number of carbonyl (C=O) groups is 1. The number of rotatable bonds is 10. The normalized spacial score (nSPS) is 26.5. The summed E-state index contributed by atoms with van der Waals surface area (Å²) in [7, 11) is 0. The molecule has 1 aliphatic carbocycles. The molecule has 248 valence electrons. The number of aliphatic hydroxyl groups excluding tert-OH is 2. The molecular formula is C34H41N7O6. The first-order valence-corrected chi connectivity index (χ1v) is 16.3. The molecule has 0 spiro atoms. The third-order valence-electron chi connectivity index (χ3n) is 9.14. The summed E-state index contributed by atoms with van der Waals surface area (Å²) in [5.41, 5.74) is 3.16. The Kier molecular flexibility index (Phi) is 8.57. The number of fused-ring (bicyclic) bond motifs is 2. The minimum absolute atomic E-state index is 0.0167. The summed E-state index contributed by atoms with van der Waals surface area (Å²) in [6.07, 6.45) is -0.558. The number of likely N-dealkylation sites (N-methyl/N-ethyl adjacent to an activating group) is 1. The molecule has 47 heavy (non-hydrogen) atoms. The molecule has 13 nitrogen and oxygen atoms in total. The Balaban J connectivity index is 1.23. The Labute approximate surface area is 272 Å². The van der Waals surface area contributed by atoms with Crippen LogP contribution in [0.1, 0.15) is 57.1 Å². The highest BCUT2D eigenvalue weighted by atomic mass is 16.8. The second-order valence-corrected chi connectivity index (χ2v) is 12.7. The van der Waals surface area contributed by atoms with Crippen molar-refractivity contribution in [2.75, 3.05) is 28.7 Å². The number of aromatic nitrogens is 4. The average molecular weight is 644 g/mol. The monoisotopic (exact) mass is 643 g/mol. The molecule has 6 atom stereocenters. The first kappa shape index (κ1) is 31.5. The smallest absolute Gasteiger partial charge is 0.273 e. The van der Waals surface area contributed by atoms with Crippen LogP contribution in [0.5, 0.6) is 0 Å². The molecule has 4 aromatic rings. The largest absolute Gasteiger partial charge is 0.391 e. The summed E-state index contributed by atoms with van der Waals surface area (Å²) in [5.74, 6) is -0.571. The minimum Gasteiger partial charge on any atom is -0.391 e. The number of hydrogen-bond acceptors (Lipinski definition) is 11. The Hall–Kier alpha value is -4.14. The zero-order valence-electron chi connectivity index (χ0n) is 26.7. The first-order chi connectivity index (χ1) is 22.7. The van der Waals surface area contributed by atoms with Gasteiger partial charge in [-0.2, -0.15) is 9.97 Å². The lowest BCUT2D eigenvalue weighted by atomic mass is 9.91. The van der Waals surface area contributed by atoms with Crippen LogP contribution in [0, 0.1) is 0 Å². The van der Waals surface area contributed by atoms with Crippen molar-refractivity contribution in [3.63, 3.8) is 0 Å². The maximum Gasteiger partial charge on any atom is 0.273 e. The summed E-state index contributed by atoms with van der Waals surface area (Å²) in [5, 5.41) is 29.4. The van der Waals surface area contributed by atoms with Gasteiger partial charge >= 0.3 is 0 Å². The average Bonchev–Trinajstić information content (AvgIpc) is 3.83. The van der Waals surface area contributed by atoms with E-state index >= 15 is 0 Å². The molecule has 2 unspecified atom stereocenters. The molecule has 1 amide bonds. The van der Waals surface area contributed by atoms with E-state index < -0.39 is 42.4 Å². The quantitative estimate of drug-likeness (QED) is 0.201. The van der Waals surface area contributed by atoms with Crippen molar-refractivity contribution in [3.8, 4) is 0 Å². The van der Waals surface area contributed by atoms with Gasteiger partial charge in [-0.05, 0) is 51.2 Å². The highest BCUT2D eigenvalue weighted by Crippen LogP contribution is 2.38. The molecule has 0 radical (unpaired) electrons. The summed E-state index contributed by atoms with van der Waals surface area (Å²) in [6, 6.07) is 20.3.